The molecule has 0 fully saturated rings. The van der Waals surface area contributed by atoms with Crippen LogP contribution in [-0.2, 0) is 9.53 Å². The molecule has 0 aliphatic carbocycles. The molecule has 14 heavy (non-hydrogen) atoms. The van der Waals surface area contributed by atoms with Gasteiger partial charge in [-0.25, -0.2) is 4.79 Å². The second-order valence-corrected chi connectivity index (χ2v) is 3.58. The van der Waals surface area contributed by atoms with E-state index in [0.29, 0.717) is 0 Å². The predicted octanol–water partition coefficient (Wildman–Crippen LogP) is 2.84. The van der Waals surface area contributed by atoms with E-state index in [9.17, 15) is 4.79 Å². The molecule has 0 aliphatic heterocycles. The summed E-state index contributed by atoms with van der Waals surface area (Å²) < 4.78 is 5.23. The van der Waals surface area contributed by atoms with Crippen molar-refractivity contribution in [1.82, 2.24) is 0 Å². The van der Waals surface area contributed by atoms with Crippen molar-refractivity contribution in [3.8, 4) is 0 Å². The number of aliphatic carboxylic acids is 1. The van der Waals surface area contributed by atoms with E-state index in [-0.39, 0.29) is 12.7 Å². The highest BCUT2D eigenvalue weighted by Crippen LogP contribution is 2.10. The van der Waals surface area contributed by atoms with Crippen LogP contribution in [0.2, 0.25) is 0 Å². The molecule has 3 heteroatoms. The SMILES string of the molecule is CCCCCCC(CC)OCC(=O)O. The Morgan fingerprint density at radius 2 is 2.00 bits per heavy atom. The van der Waals surface area contributed by atoms with Gasteiger partial charge in [0.05, 0.1) is 6.10 Å². The Morgan fingerprint density at radius 1 is 1.29 bits per heavy atom. The molecule has 0 aromatic rings. The maximum Gasteiger partial charge on any atom is 0.329 e. The third-order valence-corrected chi connectivity index (χ3v) is 2.28. The molecule has 1 atom stereocenters. The molecule has 0 aromatic heterocycles. The van der Waals surface area contributed by atoms with Crippen LogP contribution in [0.25, 0.3) is 0 Å². The molecule has 0 radical (unpaired) electrons. The Labute approximate surface area is 86.5 Å². The second kappa shape index (κ2) is 9.00. The van der Waals surface area contributed by atoms with Crippen molar-refractivity contribution >= 4 is 5.97 Å². The predicted molar refractivity (Wildman–Crippen MR) is 56.4 cm³/mol. The third kappa shape index (κ3) is 8.05. The quantitative estimate of drug-likeness (QED) is 0.585. The fourth-order valence-electron chi connectivity index (χ4n) is 1.39. The summed E-state index contributed by atoms with van der Waals surface area (Å²) in [7, 11) is 0. The number of ether oxygens (including phenoxy) is 1. The van der Waals surface area contributed by atoms with E-state index < -0.39 is 5.97 Å². The maximum atomic E-state index is 10.3. The lowest BCUT2D eigenvalue weighted by atomic mass is 10.1. The number of carboxylic acid groups (broad SMARTS) is 1. The molecule has 1 unspecified atom stereocenters. The molecule has 1 N–H and O–H groups in total. The van der Waals surface area contributed by atoms with Crippen LogP contribution in [-0.4, -0.2) is 23.8 Å². The number of hydrogen-bond donors (Lipinski definition) is 1. The first-order chi connectivity index (χ1) is 6.70. The standard InChI is InChI=1S/C11H22O3/c1-3-5-6-7-8-10(4-2)14-9-11(12)13/h10H,3-9H2,1-2H3,(H,12,13). The molecule has 84 valence electrons. The number of unbranched alkanes of at least 4 members (excludes halogenated alkanes) is 3. The number of rotatable bonds is 9. The van der Waals surface area contributed by atoms with Crippen molar-refractivity contribution in [1.29, 1.82) is 0 Å². The van der Waals surface area contributed by atoms with Crippen molar-refractivity contribution in [2.45, 2.75) is 58.5 Å². The van der Waals surface area contributed by atoms with Gasteiger partial charge in [0, 0.05) is 0 Å². The molecule has 0 aromatic carbocycles. The second-order valence-electron chi connectivity index (χ2n) is 3.58. The average Bonchev–Trinajstić information content (AvgIpc) is 2.16. The lowest BCUT2D eigenvalue weighted by Gasteiger charge is -2.14. The monoisotopic (exact) mass is 202 g/mol. The highest BCUT2D eigenvalue weighted by molar-refractivity contribution is 5.68. The number of carboxylic acids is 1. The van der Waals surface area contributed by atoms with E-state index in [2.05, 4.69) is 6.92 Å². The van der Waals surface area contributed by atoms with Gasteiger partial charge in [-0.15, -0.1) is 0 Å². The molecular weight excluding hydrogens is 180 g/mol. The average molecular weight is 202 g/mol. The molecular formula is C11H22O3. The summed E-state index contributed by atoms with van der Waals surface area (Å²) in [5.74, 6) is -0.878. The first-order valence-electron chi connectivity index (χ1n) is 5.54. The Morgan fingerprint density at radius 3 is 2.50 bits per heavy atom. The molecule has 0 amide bonds. The van der Waals surface area contributed by atoms with Crippen molar-refractivity contribution in [3.63, 3.8) is 0 Å². The zero-order chi connectivity index (χ0) is 10.8. The zero-order valence-electron chi connectivity index (χ0n) is 9.29. The van der Waals surface area contributed by atoms with Gasteiger partial charge in [-0.2, -0.15) is 0 Å². The largest absolute Gasteiger partial charge is 0.480 e. The Kier molecular flexibility index (Phi) is 8.64. The van der Waals surface area contributed by atoms with Gasteiger partial charge in [0.15, 0.2) is 0 Å². The zero-order valence-corrected chi connectivity index (χ0v) is 9.29. The lowest BCUT2D eigenvalue weighted by Crippen LogP contribution is -2.17. The highest BCUT2D eigenvalue weighted by Gasteiger charge is 2.07. The summed E-state index contributed by atoms with van der Waals surface area (Å²) in [6.45, 7) is 4.05. The third-order valence-electron chi connectivity index (χ3n) is 2.28. The van der Waals surface area contributed by atoms with Crippen LogP contribution < -0.4 is 0 Å². The fourth-order valence-corrected chi connectivity index (χ4v) is 1.39. The van der Waals surface area contributed by atoms with Crippen LogP contribution in [0.5, 0.6) is 0 Å². The van der Waals surface area contributed by atoms with Gasteiger partial charge in [-0.3, -0.25) is 0 Å². The molecule has 0 saturated heterocycles. The van der Waals surface area contributed by atoms with Crippen LogP contribution in [0.1, 0.15) is 52.4 Å². The summed E-state index contributed by atoms with van der Waals surface area (Å²) in [6.07, 6.45) is 6.88. The molecule has 3 nitrogen and oxygen atoms in total. The van der Waals surface area contributed by atoms with E-state index in [1.54, 1.807) is 0 Å². The number of carbonyl (C=O) groups is 1. The van der Waals surface area contributed by atoms with Crippen molar-refractivity contribution < 1.29 is 14.6 Å². The van der Waals surface area contributed by atoms with Gasteiger partial charge >= 0.3 is 5.97 Å². The smallest absolute Gasteiger partial charge is 0.329 e. The van der Waals surface area contributed by atoms with Crippen LogP contribution in [0.3, 0.4) is 0 Å². The first kappa shape index (κ1) is 13.4. The van der Waals surface area contributed by atoms with Gasteiger partial charge in [-0.05, 0) is 12.8 Å². The van der Waals surface area contributed by atoms with Gasteiger partial charge < -0.3 is 9.84 Å². The van der Waals surface area contributed by atoms with Crippen LogP contribution >= 0.6 is 0 Å². The molecule has 0 bridgehead atoms. The van der Waals surface area contributed by atoms with Crippen LogP contribution in [0.15, 0.2) is 0 Å². The van der Waals surface area contributed by atoms with E-state index in [0.717, 1.165) is 19.3 Å². The van der Waals surface area contributed by atoms with E-state index >= 15 is 0 Å². The Bertz CT molecular complexity index is 145. The lowest BCUT2D eigenvalue weighted by molar-refractivity contribution is -0.144. The summed E-state index contributed by atoms with van der Waals surface area (Å²) in [4.78, 5) is 10.3. The van der Waals surface area contributed by atoms with E-state index in [4.69, 9.17) is 9.84 Å². The number of hydrogen-bond acceptors (Lipinski definition) is 2. The minimum absolute atomic E-state index is 0.128. The van der Waals surface area contributed by atoms with Crippen molar-refractivity contribution in [2.24, 2.45) is 0 Å². The maximum absolute atomic E-state index is 10.3. The molecule has 0 rings (SSSR count). The summed E-state index contributed by atoms with van der Waals surface area (Å²) >= 11 is 0. The van der Waals surface area contributed by atoms with E-state index in [1.807, 2.05) is 6.92 Å². The topological polar surface area (TPSA) is 46.5 Å². The van der Waals surface area contributed by atoms with Crippen molar-refractivity contribution in [2.75, 3.05) is 6.61 Å². The van der Waals surface area contributed by atoms with Gasteiger partial charge in [0.2, 0.25) is 0 Å². The summed E-state index contributed by atoms with van der Waals surface area (Å²) in [5, 5.41) is 8.44. The minimum atomic E-state index is -0.878. The van der Waals surface area contributed by atoms with Gasteiger partial charge in [0.25, 0.3) is 0 Å². The summed E-state index contributed by atoms with van der Waals surface area (Å²) in [6, 6.07) is 0. The van der Waals surface area contributed by atoms with Crippen LogP contribution in [0, 0.1) is 0 Å². The highest BCUT2D eigenvalue weighted by atomic mass is 16.5. The normalized spacial score (nSPS) is 12.7. The van der Waals surface area contributed by atoms with Crippen LogP contribution in [0.4, 0.5) is 0 Å². The van der Waals surface area contributed by atoms with Gasteiger partial charge in [-0.1, -0.05) is 39.5 Å². The molecule has 0 heterocycles. The molecule has 0 aliphatic rings. The van der Waals surface area contributed by atoms with E-state index in [1.165, 1.54) is 19.3 Å². The fraction of sp³-hybridized carbons (Fsp3) is 0.909. The molecule has 0 spiro atoms. The first-order valence-corrected chi connectivity index (χ1v) is 5.54. The summed E-state index contributed by atoms with van der Waals surface area (Å²) in [5.41, 5.74) is 0. The molecule has 0 saturated carbocycles. The van der Waals surface area contributed by atoms with Crippen molar-refractivity contribution in [3.05, 3.63) is 0 Å². The van der Waals surface area contributed by atoms with Gasteiger partial charge in [0.1, 0.15) is 6.61 Å². The Hall–Kier alpha value is -0.570. The minimum Gasteiger partial charge on any atom is -0.480 e. The Balaban J connectivity index is 3.42.